The smallest absolute Gasteiger partial charge is 0.123 e. The van der Waals surface area contributed by atoms with E-state index >= 15 is 0 Å². The van der Waals surface area contributed by atoms with Gasteiger partial charge in [0.1, 0.15) is 18.1 Å². The van der Waals surface area contributed by atoms with Crippen LogP contribution in [0.15, 0.2) is 72.8 Å². The lowest BCUT2D eigenvalue weighted by atomic mass is 10.0. The first-order chi connectivity index (χ1) is 14.6. The zero-order chi connectivity index (χ0) is 21.2. The van der Waals surface area contributed by atoms with Crippen molar-refractivity contribution in [3.05, 3.63) is 89.5 Å². The van der Waals surface area contributed by atoms with Crippen LogP contribution < -0.4 is 14.8 Å². The highest BCUT2D eigenvalue weighted by molar-refractivity contribution is 5.48. The molecule has 0 unspecified atom stereocenters. The molecular formula is C27H33NO2. The predicted octanol–water partition coefficient (Wildman–Crippen LogP) is 6.62. The van der Waals surface area contributed by atoms with Gasteiger partial charge >= 0.3 is 0 Å². The molecule has 3 rings (SSSR count). The van der Waals surface area contributed by atoms with Crippen molar-refractivity contribution in [2.75, 3.05) is 25.1 Å². The Hall–Kier alpha value is -2.94. The van der Waals surface area contributed by atoms with Crippen molar-refractivity contribution >= 4 is 5.69 Å². The molecule has 158 valence electrons. The Labute approximate surface area is 181 Å². The maximum absolute atomic E-state index is 6.06. The maximum atomic E-state index is 6.06. The summed E-state index contributed by atoms with van der Waals surface area (Å²) in [7, 11) is 0. The molecule has 0 bridgehead atoms. The largest absolute Gasteiger partial charge is 0.494 e. The normalized spacial score (nSPS) is 10.8. The molecule has 0 aliphatic carbocycles. The highest BCUT2D eigenvalue weighted by atomic mass is 16.5. The van der Waals surface area contributed by atoms with Crippen LogP contribution in [0.1, 0.15) is 42.9 Å². The van der Waals surface area contributed by atoms with E-state index in [9.17, 15) is 0 Å². The second kappa shape index (κ2) is 11.3. The summed E-state index contributed by atoms with van der Waals surface area (Å²) in [5.74, 6) is 2.33. The molecule has 0 amide bonds. The predicted molar refractivity (Wildman–Crippen MR) is 126 cm³/mol. The molecule has 0 fully saturated rings. The summed E-state index contributed by atoms with van der Waals surface area (Å²) in [5, 5.41) is 3.43. The molecule has 3 heteroatoms. The summed E-state index contributed by atoms with van der Waals surface area (Å²) in [6.45, 7) is 8.56. The topological polar surface area (TPSA) is 30.5 Å². The molecule has 0 heterocycles. The number of nitrogens with one attached hydrogen (secondary N) is 1. The Balaban J connectivity index is 1.42. The number of hydrogen-bond acceptors (Lipinski definition) is 3. The number of ether oxygens (including phenoxy) is 2. The van der Waals surface area contributed by atoms with Gasteiger partial charge in [-0.05, 0) is 60.6 Å². The molecule has 0 aromatic heterocycles. The van der Waals surface area contributed by atoms with Crippen molar-refractivity contribution in [1.29, 1.82) is 0 Å². The second-order valence-electron chi connectivity index (χ2n) is 7.94. The molecule has 0 aliphatic rings. The molecule has 3 aromatic carbocycles. The van der Waals surface area contributed by atoms with Crippen molar-refractivity contribution in [2.45, 2.75) is 39.5 Å². The van der Waals surface area contributed by atoms with Gasteiger partial charge in [-0.15, -0.1) is 0 Å². The van der Waals surface area contributed by atoms with Gasteiger partial charge in [0.25, 0.3) is 0 Å². The Bertz CT molecular complexity index is 906. The minimum Gasteiger partial charge on any atom is -0.494 e. The van der Waals surface area contributed by atoms with Gasteiger partial charge in [-0.25, -0.2) is 0 Å². The minimum atomic E-state index is 0.448. The molecule has 0 aliphatic heterocycles. The van der Waals surface area contributed by atoms with Crippen LogP contribution in [0.3, 0.4) is 0 Å². The van der Waals surface area contributed by atoms with Crippen molar-refractivity contribution < 1.29 is 9.47 Å². The zero-order valence-corrected chi connectivity index (χ0v) is 18.4. The third-order valence-corrected chi connectivity index (χ3v) is 5.04. The van der Waals surface area contributed by atoms with Gasteiger partial charge in [0, 0.05) is 18.3 Å². The van der Waals surface area contributed by atoms with Crippen LogP contribution in [0.25, 0.3) is 0 Å². The fourth-order valence-electron chi connectivity index (χ4n) is 3.41. The van der Waals surface area contributed by atoms with E-state index in [1.165, 1.54) is 16.7 Å². The van der Waals surface area contributed by atoms with Gasteiger partial charge < -0.3 is 14.8 Å². The molecule has 3 aromatic rings. The highest BCUT2D eigenvalue weighted by Gasteiger charge is 2.08. The summed E-state index contributed by atoms with van der Waals surface area (Å²) in [4.78, 5) is 0. The quantitative estimate of drug-likeness (QED) is 0.365. The summed E-state index contributed by atoms with van der Waals surface area (Å²) in [6, 6.07) is 25.1. The fraction of sp³-hybridized carbons (Fsp3) is 0.333. The van der Waals surface area contributed by atoms with E-state index in [1.807, 2.05) is 18.2 Å². The van der Waals surface area contributed by atoms with Crippen molar-refractivity contribution in [3.8, 4) is 11.5 Å². The van der Waals surface area contributed by atoms with Gasteiger partial charge in [0.15, 0.2) is 0 Å². The molecule has 0 saturated carbocycles. The Kier molecular flexibility index (Phi) is 8.20. The summed E-state index contributed by atoms with van der Waals surface area (Å²) in [6.07, 6.45) is 2.04. The van der Waals surface area contributed by atoms with Gasteiger partial charge in [-0.1, -0.05) is 62.4 Å². The van der Waals surface area contributed by atoms with Crippen molar-refractivity contribution in [2.24, 2.45) is 0 Å². The molecule has 0 saturated heterocycles. The number of benzene rings is 3. The van der Waals surface area contributed by atoms with Gasteiger partial charge in [-0.3, -0.25) is 0 Å². The molecule has 0 spiro atoms. The second-order valence-corrected chi connectivity index (χ2v) is 7.94. The van der Waals surface area contributed by atoms with Crippen LogP contribution in [0.5, 0.6) is 11.5 Å². The van der Waals surface area contributed by atoms with E-state index in [-0.39, 0.29) is 0 Å². The number of rotatable bonds is 11. The fourth-order valence-corrected chi connectivity index (χ4v) is 3.41. The van der Waals surface area contributed by atoms with Crippen LogP contribution in [0, 0.1) is 6.92 Å². The number of anilines is 1. The van der Waals surface area contributed by atoms with E-state index in [4.69, 9.17) is 9.47 Å². The number of aryl methyl sites for hydroxylation is 2. The molecule has 1 N–H and O–H groups in total. The molecule has 0 radical (unpaired) electrons. The summed E-state index contributed by atoms with van der Waals surface area (Å²) < 4.78 is 12.0. The third-order valence-electron chi connectivity index (χ3n) is 5.04. The zero-order valence-electron chi connectivity index (χ0n) is 18.4. The average molecular weight is 404 g/mol. The lowest BCUT2D eigenvalue weighted by molar-refractivity contribution is 0.311. The van der Waals surface area contributed by atoms with Gasteiger partial charge in [-0.2, -0.15) is 0 Å². The van der Waals surface area contributed by atoms with Crippen molar-refractivity contribution in [3.63, 3.8) is 0 Å². The summed E-state index contributed by atoms with van der Waals surface area (Å²) >= 11 is 0. The van der Waals surface area contributed by atoms with Gasteiger partial charge in [0.05, 0.1) is 6.61 Å². The lowest BCUT2D eigenvalue weighted by Crippen LogP contribution is -2.12. The minimum absolute atomic E-state index is 0.448. The van der Waals surface area contributed by atoms with E-state index in [0.717, 1.165) is 36.6 Å². The van der Waals surface area contributed by atoms with Crippen LogP contribution in [-0.2, 0) is 6.42 Å². The number of hydrogen-bond donors (Lipinski definition) is 1. The van der Waals surface area contributed by atoms with E-state index in [0.29, 0.717) is 19.1 Å². The Morgan fingerprint density at radius 1 is 0.833 bits per heavy atom. The van der Waals surface area contributed by atoms with Gasteiger partial charge in [0.2, 0.25) is 0 Å². The monoisotopic (exact) mass is 403 g/mol. The first-order valence-electron chi connectivity index (χ1n) is 10.9. The third kappa shape index (κ3) is 6.84. The Morgan fingerprint density at radius 2 is 1.67 bits per heavy atom. The average Bonchev–Trinajstić information content (AvgIpc) is 2.75. The van der Waals surface area contributed by atoms with E-state index < -0.39 is 0 Å². The van der Waals surface area contributed by atoms with Crippen LogP contribution in [-0.4, -0.2) is 19.8 Å². The Morgan fingerprint density at radius 3 is 2.47 bits per heavy atom. The van der Waals surface area contributed by atoms with Crippen LogP contribution >= 0.6 is 0 Å². The van der Waals surface area contributed by atoms with E-state index in [1.54, 1.807) is 0 Å². The SMILES string of the molecule is Cc1ccc(C(C)C)c(OCCNc2cccc(OCCCc3ccccc3)c2)c1. The molecule has 3 nitrogen and oxygen atoms in total. The first kappa shape index (κ1) is 21.8. The molecule has 30 heavy (non-hydrogen) atoms. The molecule has 0 atom stereocenters. The maximum Gasteiger partial charge on any atom is 0.123 e. The van der Waals surface area contributed by atoms with Crippen LogP contribution in [0.4, 0.5) is 5.69 Å². The van der Waals surface area contributed by atoms with Crippen molar-refractivity contribution in [1.82, 2.24) is 0 Å². The van der Waals surface area contributed by atoms with Crippen LogP contribution in [0.2, 0.25) is 0 Å². The first-order valence-corrected chi connectivity index (χ1v) is 10.9. The molecular weight excluding hydrogens is 370 g/mol. The van der Waals surface area contributed by atoms with E-state index in [2.05, 4.69) is 80.7 Å². The summed E-state index contributed by atoms with van der Waals surface area (Å²) in [5.41, 5.74) is 4.88. The highest BCUT2D eigenvalue weighted by Crippen LogP contribution is 2.27. The standard InChI is InChI=1S/C27H33NO2/c1-21(2)26-15-14-22(3)19-27(26)30-18-16-28-24-12-7-13-25(20-24)29-17-8-11-23-9-5-4-6-10-23/h4-7,9-10,12-15,19-21,28H,8,11,16-18H2,1-3H3. The lowest BCUT2D eigenvalue weighted by Gasteiger charge is -2.15.